The van der Waals surface area contributed by atoms with Gasteiger partial charge in [-0.2, -0.15) is 4.31 Å². The van der Waals surface area contributed by atoms with Gasteiger partial charge in [-0.15, -0.1) is 11.8 Å². The molecule has 2 aromatic rings. The van der Waals surface area contributed by atoms with Crippen LogP contribution in [0.1, 0.15) is 18.1 Å². The van der Waals surface area contributed by atoms with Gasteiger partial charge in [0, 0.05) is 55.0 Å². The fourth-order valence-electron chi connectivity index (χ4n) is 4.58. The van der Waals surface area contributed by atoms with Crippen LogP contribution in [0.4, 0.5) is 5.69 Å². The van der Waals surface area contributed by atoms with Crippen LogP contribution in [0.3, 0.4) is 0 Å². The molecule has 0 radical (unpaired) electrons. The van der Waals surface area contributed by atoms with Gasteiger partial charge in [-0.3, -0.25) is 9.69 Å². The lowest BCUT2D eigenvalue weighted by Crippen LogP contribution is -2.48. The molecular formula is C22H25N3O3S2. The summed E-state index contributed by atoms with van der Waals surface area (Å²) in [7, 11) is -3.63. The first-order valence-corrected chi connectivity index (χ1v) is 12.6. The molecule has 0 N–H and O–H groups in total. The Labute approximate surface area is 181 Å². The van der Waals surface area contributed by atoms with E-state index < -0.39 is 10.0 Å². The van der Waals surface area contributed by atoms with Crippen molar-refractivity contribution in [3.63, 3.8) is 0 Å². The van der Waals surface area contributed by atoms with Crippen molar-refractivity contribution in [3.8, 4) is 0 Å². The lowest BCUT2D eigenvalue weighted by Gasteiger charge is -2.34. The minimum absolute atomic E-state index is 0.00808. The molecule has 1 atom stereocenters. The van der Waals surface area contributed by atoms with E-state index >= 15 is 0 Å². The second-order valence-electron chi connectivity index (χ2n) is 8.16. The summed E-state index contributed by atoms with van der Waals surface area (Å²) in [5.74, 6) is 0.00808. The Bertz CT molecular complexity index is 1080. The molecule has 1 fully saturated rings. The van der Waals surface area contributed by atoms with Crippen LogP contribution >= 0.6 is 11.8 Å². The van der Waals surface area contributed by atoms with Crippen LogP contribution in [0, 0.1) is 0 Å². The van der Waals surface area contributed by atoms with E-state index in [4.69, 9.17) is 0 Å². The number of thioether (sulfide) groups is 1. The van der Waals surface area contributed by atoms with Crippen molar-refractivity contribution in [3.05, 3.63) is 53.6 Å². The standard InChI is InChI=1S/C22H25N3O3S2/c1-16-14-25-21(26)13-18-20(8-7-19(29-16)22(18)25)30(27,28)24-11-9-23(10-12-24)15-17-5-3-2-4-6-17/h2-8,16H,9-15H2,1H3. The summed E-state index contributed by atoms with van der Waals surface area (Å²) in [5, 5.41) is 0.313. The average Bonchev–Trinajstić information content (AvgIpc) is 3.06. The van der Waals surface area contributed by atoms with Gasteiger partial charge in [-0.25, -0.2) is 8.42 Å². The SMILES string of the molecule is CC1CN2C(=O)Cc3c(S(=O)(=O)N4CCN(Cc5ccccc5)CC4)ccc(c32)S1. The minimum atomic E-state index is -3.63. The third kappa shape index (κ3) is 3.45. The maximum Gasteiger partial charge on any atom is 0.243 e. The number of nitrogens with zero attached hydrogens (tertiary/aromatic N) is 3. The normalized spacial score (nSPS) is 22.4. The lowest BCUT2D eigenvalue weighted by atomic mass is 10.1. The number of carbonyl (C=O) groups excluding carboxylic acids is 1. The molecule has 0 aliphatic carbocycles. The first-order chi connectivity index (χ1) is 14.4. The second kappa shape index (κ2) is 7.67. The van der Waals surface area contributed by atoms with Crippen molar-refractivity contribution in [2.75, 3.05) is 37.6 Å². The monoisotopic (exact) mass is 443 g/mol. The fraction of sp³-hybridized carbons (Fsp3) is 0.409. The van der Waals surface area contributed by atoms with E-state index in [1.165, 1.54) is 5.56 Å². The number of anilines is 1. The van der Waals surface area contributed by atoms with Gasteiger partial charge in [0.1, 0.15) is 0 Å². The van der Waals surface area contributed by atoms with Crippen LogP contribution in [0.5, 0.6) is 0 Å². The molecule has 5 rings (SSSR count). The van der Waals surface area contributed by atoms with Crippen molar-refractivity contribution in [1.82, 2.24) is 9.21 Å². The highest BCUT2D eigenvalue weighted by Gasteiger charge is 2.40. The van der Waals surface area contributed by atoms with Gasteiger partial charge < -0.3 is 4.90 Å². The molecule has 3 aliphatic heterocycles. The molecule has 8 heteroatoms. The van der Waals surface area contributed by atoms with Crippen molar-refractivity contribution in [2.24, 2.45) is 0 Å². The Morgan fingerprint density at radius 2 is 1.77 bits per heavy atom. The van der Waals surface area contributed by atoms with E-state index in [1.807, 2.05) is 24.3 Å². The van der Waals surface area contributed by atoms with Crippen LogP contribution in [-0.4, -0.2) is 61.5 Å². The van der Waals surface area contributed by atoms with Gasteiger partial charge in [-0.05, 0) is 17.7 Å². The predicted octanol–water partition coefficient (Wildman–Crippen LogP) is 2.58. The number of amides is 1. The van der Waals surface area contributed by atoms with Crippen molar-refractivity contribution >= 4 is 33.4 Å². The maximum absolute atomic E-state index is 13.5. The molecule has 158 valence electrons. The molecule has 1 amide bonds. The molecule has 0 aromatic heterocycles. The highest BCUT2D eigenvalue weighted by molar-refractivity contribution is 8.00. The molecule has 0 spiro atoms. The summed E-state index contributed by atoms with van der Waals surface area (Å²) in [6.45, 7) is 5.91. The topological polar surface area (TPSA) is 60.9 Å². The van der Waals surface area contributed by atoms with Crippen LogP contribution < -0.4 is 4.90 Å². The third-order valence-electron chi connectivity index (χ3n) is 6.07. The smallest absolute Gasteiger partial charge is 0.243 e. The van der Waals surface area contributed by atoms with E-state index in [0.29, 0.717) is 48.4 Å². The number of hydrogen-bond donors (Lipinski definition) is 0. The van der Waals surface area contributed by atoms with Crippen LogP contribution in [0.15, 0.2) is 52.3 Å². The minimum Gasteiger partial charge on any atom is -0.310 e. The quantitative estimate of drug-likeness (QED) is 0.727. The Morgan fingerprint density at radius 1 is 1.03 bits per heavy atom. The summed E-state index contributed by atoms with van der Waals surface area (Å²) in [6, 6.07) is 13.8. The number of hydrogen-bond acceptors (Lipinski definition) is 5. The summed E-state index contributed by atoms with van der Waals surface area (Å²) in [5.41, 5.74) is 2.75. The first kappa shape index (κ1) is 20.1. The second-order valence-corrected chi connectivity index (χ2v) is 11.6. The predicted molar refractivity (Wildman–Crippen MR) is 118 cm³/mol. The molecule has 6 nitrogen and oxygen atoms in total. The molecule has 3 aliphatic rings. The van der Waals surface area contributed by atoms with E-state index in [-0.39, 0.29) is 12.3 Å². The zero-order valence-corrected chi connectivity index (χ0v) is 18.6. The summed E-state index contributed by atoms with van der Waals surface area (Å²) in [6.07, 6.45) is 0.180. The highest BCUT2D eigenvalue weighted by atomic mass is 32.2. The zero-order chi connectivity index (χ0) is 20.9. The van der Waals surface area contributed by atoms with E-state index in [1.54, 1.807) is 27.0 Å². The summed E-state index contributed by atoms with van der Waals surface area (Å²) in [4.78, 5) is 18.0. The number of benzene rings is 2. The molecule has 0 bridgehead atoms. The van der Waals surface area contributed by atoms with Crippen LogP contribution in [0.2, 0.25) is 0 Å². The Morgan fingerprint density at radius 3 is 2.50 bits per heavy atom. The van der Waals surface area contributed by atoms with Crippen molar-refractivity contribution in [2.45, 2.75) is 34.9 Å². The number of piperazine rings is 1. The number of rotatable bonds is 4. The van der Waals surface area contributed by atoms with Crippen LogP contribution in [0.25, 0.3) is 0 Å². The van der Waals surface area contributed by atoms with Gasteiger partial charge in [0.25, 0.3) is 0 Å². The molecule has 1 saturated heterocycles. The summed E-state index contributed by atoms with van der Waals surface area (Å²) >= 11 is 1.72. The zero-order valence-electron chi connectivity index (χ0n) is 17.0. The molecule has 2 aromatic carbocycles. The average molecular weight is 444 g/mol. The fourth-order valence-corrected chi connectivity index (χ4v) is 7.38. The molecule has 3 heterocycles. The Kier molecular flexibility index (Phi) is 5.13. The van der Waals surface area contributed by atoms with Crippen LogP contribution in [-0.2, 0) is 27.8 Å². The third-order valence-corrected chi connectivity index (χ3v) is 9.19. The maximum atomic E-state index is 13.5. The highest BCUT2D eigenvalue weighted by Crippen LogP contribution is 2.46. The van der Waals surface area contributed by atoms with Gasteiger partial charge in [0.2, 0.25) is 15.9 Å². The molecule has 1 unspecified atom stereocenters. The number of carbonyl (C=O) groups is 1. The van der Waals surface area contributed by atoms with E-state index in [0.717, 1.165) is 17.1 Å². The molecule has 0 saturated carbocycles. The first-order valence-electron chi connectivity index (χ1n) is 10.3. The lowest BCUT2D eigenvalue weighted by molar-refractivity contribution is -0.117. The number of sulfonamides is 1. The Hall–Kier alpha value is -1.87. The summed E-state index contributed by atoms with van der Waals surface area (Å²) < 4.78 is 28.5. The van der Waals surface area contributed by atoms with E-state index in [9.17, 15) is 13.2 Å². The van der Waals surface area contributed by atoms with Crippen molar-refractivity contribution in [1.29, 1.82) is 0 Å². The molecular weight excluding hydrogens is 418 g/mol. The van der Waals surface area contributed by atoms with Gasteiger partial charge >= 0.3 is 0 Å². The molecule has 30 heavy (non-hydrogen) atoms. The van der Waals surface area contributed by atoms with Gasteiger partial charge in [0.15, 0.2) is 0 Å². The largest absolute Gasteiger partial charge is 0.310 e. The van der Waals surface area contributed by atoms with Crippen molar-refractivity contribution < 1.29 is 13.2 Å². The van der Waals surface area contributed by atoms with Gasteiger partial charge in [0.05, 0.1) is 17.0 Å². The Balaban J connectivity index is 1.37. The van der Waals surface area contributed by atoms with E-state index in [2.05, 4.69) is 24.0 Å². The van der Waals surface area contributed by atoms with Gasteiger partial charge in [-0.1, -0.05) is 37.3 Å².